The highest BCUT2D eigenvalue weighted by Gasteiger charge is 2.18. The molecule has 0 aromatic heterocycles. The van der Waals surface area contributed by atoms with Crippen LogP contribution in [0.3, 0.4) is 0 Å². The minimum Gasteiger partial charge on any atom is -0.449 e. The fourth-order valence-electron chi connectivity index (χ4n) is 1.99. The topological polar surface area (TPSA) is 76.1 Å². The number of fused-ring (bicyclic) bond motifs is 1. The Bertz CT molecular complexity index is 595. The summed E-state index contributed by atoms with van der Waals surface area (Å²) in [4.78, 5) is 11.5. The van der Waals surface area contributed by atoms with Crippen LogP contribution >= 0.6 is 12.4 Å². The van der Waals surface area contributed by atoms with E-state index >= 15 is 0 Å². The summed E-state index contributed by atoms with van der Waals surface area (Å²) in [7, 11) is 0. The molecule has 0 aromatic rings. The second-order valence-electron chi connectivity index (χ2n) is 4.21. The number of hydrogen-bond donors (Lipinski definition) is 1. The van der Waals surface area contributed by atoms with Gasteiger partial charge in [0.2, 0.25) is 0 Å². The van der Waals surface area contributed by atoms with Crippen LogP contribution in [0.1, 0.15) is 5.56 Å². The van der Waals surface area contributed by atoms with E-state index in [1.54, 1.807) is 6.07 Å². The van der Waals surface area contributed by atoms with Crippen LogP contribution in [-0.2, 0) is 16.0 Å². The first-order chi connectivity index (χ1) is 9.22. The predicted molar refractivity (Wildman–Crippen MR) is 78.6 cm³/mol. The number of halogens is 1. The SMILES string of the molecule is Cl.N#CCOC(=O)[C@H](N)Cc1ccc2cccccc1-2. The van der Waals surface area contributed by atoms with E-state index in [0.29, 0.717) is 6.42 Å². The lowest BCUT2D eigenvalue weighted by atomic mass is 10.0. The highest BCUT2D eigenvalue weighted by molar-refractivity contribution is 5.85. The quantitative estimate of drug-likeness (QED) is 0.875. The van der Waals surface area contributed by atoms with Crippen LogP contribution in [-0.4, -0.2) is 18.6 Å². The molecule has 2 aliphatic carbocycles. The lowest BCUT2D eigenvalue weighted by molar-refractivity contribution is -0.143. The Kier molecular flexibility index (Phi) is 5.98. The van der Waals surface area contributed by atoms with Gasteiger partial charge < -0.3 is 10.5 Å². The third kappa shape index (κ3) is 3.70. The Morgan fingerprint density at radius 1 is 1.25 bits per heavy atom. The van der Waals surface area contributed by atoms with Crippen LogP contribution in [0.25, 0.3) is 11.1 Å². The molecule has 0 radical (unpaired) electrons. The molecule has 0 spiro atoms. The number of nitrogens with two attached hydrogens (primary N) is 1. The lowest BCUT2D eigenvalue weighted by Gasteiger charge is -2.10. The molecular weight excluding hydrogens is 276 g/mol. The van der Waals surface area contributed by atoms with Crippen molar-refractivity contribution in [2.24, 2.45) is 5.73 Å². The van der Waals surface area contributed by atoms with Gasteiger partial charge in [0.05, 0.1) is 0 Å². The number of ether oxygens (including phenoxy) is 1. The van der Waals surface area contributed by atoms with Crippen LogP contribution in [0.15, 0.2) is 42.5 Å². The predicted octanol–water partition coefficient (Wildman–Crippen LogP) is 2.15. The van der Waals surface area contributed by atoms with Crippen LogP contribution in [0.5, 0.6) is 0 Å². The van der Waals surface area contributed by atoms with E-state index in [2.05, 4.69) is 0 Å². The third-order valence-electron chi connectivity index (χ3n) is 2.90. The average Bonchev–Trinajstić information content (AvgIpc) is 2.64. The van der Waals surface area contributed by atoms with Gasteiger partial charge in [0.15, 0.2) is 6.61 Å². The smallest absolute Gasteiger partial charge is 0.324 e. The molecule has 0 fully saturated rings. The maximum Gasteiger partial charge on any atom is 0.324 e. The van der Waals surface area contributed by atoms with Gasteiger partial charge in [-0.2, -0.15) is 5.26 Å². The monoisotopic (exact) mass is 290 g/mol. The van der Waals surface area contributed by atoms with Crippen LogP contribution in [0, 0.1) is 11.3 Å². The van der Waals surface area contributed by atoms with E-state index < -0.39 is 12.0 Å². The molecule has 2 rings (SSSR count). The molecule has 0 aliphatic heterocycles. The maximum absolute atomic E-state index is 11.5. The normalized spacial score (nSPS) is 11.2. The van der Waals surface area contributed by atoms with Crippen molar-refractivity contribution in [3.63, 3.8) is 0 Å². The Morgan fingerprint density at radius 3 is 2.75 bits per heavy atom. The van der Waals surface area contributed by atoms with E-state index in [1.807, 2.05) is 42.5 Å². The first-order valence-electron chi connectivity index (χ1n) is 5.98. The average molecular weight is 291 g/mol. The Labute approximate surface area is 123 Å². The van der Waals surface area contributed by atoms with Gasteiger partial charge in [-0.25, -0.2) is 0 Å². The minimum absolute atomic E-state index is 0. The zero-order valence-corrected chi connectivity index (χ0v) is 11.6. The van der Waals surface area contributed by atoms with Gasteiger partial charge >= 0.3 is 5.97 Å². The van der Waals surface area contributed by atoms with Gasteiger partial charge in [-0.15, -0.1) is 12.4 Å². The molecule has 2 N–H and O–H groups in total. The first kappa shape index (κ1) is 16.0. The Balaban J connectivity index is 0.00000200. The molecule has 104 valence electrons. The van der Waals surface area contributed by atoms with E-state index in [9.17, 15) is 4.79 Å². The summed E-state index contributed by atoms with van der Waals surface area (Å²) in [6.45, 7) is -0.261. The van der Waals surface area contributed by atoms with Gasteiger partial charge in [-0.1, -0.05) is 42.5 Å². The van der Waals surface area contributed by atoms with Crippen molar-refractivity contribution in [2.75, 3.05) is 6.61 Å². The van der Waals surface area contributed by atoms with Crippen molar-refractivity contribution in [3.8, 4) is 17.2 Å². The van der Waals surface area contributed by atoms with Gasteiger partial charge in [-0.3, -0.25) is 4.79 Å². The summed E-state index contributed by atoms with van der Waals surface area (Å²) < 4.78 is 4.71. The molecule has 0 aromatic carbocycles. The molecule has 0 saturated carbocycles. The van der Waals surface area contributed by atoms with E-state index in [4.69, 9.17) is 15.7 Å². The molecular formula is C15H15ClN2O2. The summed E-state index contributed by atoms with van der Waals surface area (Å²) in [6, 6.07) is 14.8. The van der Waals surface area contributed by atoms with Gasteiger partial charge in [0, 0.05) is 0 Å². The molecule has 2 aliphatic rings. The van der Waals surface area contributed by atoms with Crippen LogP contribution < -0.4 is 5.73 Å². The largest absolute Gasteiger partial charge is 0.449 e. The van der Waals surface area contributed by atoms with Crippen molar-refractivity contribution in [1.29, 1.82) is 5.26 Å². The van der Waals surface area contributed by atoms with Gasteiger partial charge in [0.1, 0.15) is 12.1 Å². The summed E-state index contributed by atoms with van der Waals surface area (Å²) in [5.74, 6) is -0.545. The number of nitriles is 1. The molecule has 1 atom stereocenters. The Hall–Kier alpha value is -2.09. The lowest BCUT2D eigenvalue weighted by Crippen LogP contribution is -2.34. The van der Waals surface area contributed by atoms with Gasteiger partial charge in [0.25, 0.3) is 0 Å². The highest BCUT2D eigenvalue weighted by atomic mass is 35.5. The number of esters is 1. The Morgan fingerprint density at radius 2 is 2.00 bits per heavy atom. The van der Waals surface area contributed by atoms with Crippen molar-refractivity contribution in [1.82, 2.24) is 0 Å². The van der Waals surface area contributed by atoms with Crippen molar-refractivity contribution < 1.29 is 9.53 Å². The van der Waals surface area contributed by atoms with Crippen LogP contribution in [0.4, 0.5) is 0 Å². The van der Waals surface area contributed by atoms with E-state index in [0.717, 1.165) is 16.7 Å². The van der Waals surface area contributed by atoms with E-state index in [-0.39, 0.29) is 19.0 Å². The van der Waals surface area contributed by atoms with E-state index in [1.165, 1.54) is 0 Å². The number of carbonyl (C=O) groups is 1. The third-order valence-corrected chi connectivity index (χ3v) is 2.90. The minimum atomic E-state index is -0.746. The molecule has 5 heteroatoms. The zero-order chi connectivity index (χ0) is 13.7. The maximum atomic E-state index is 11.5. The molecule has 0 unspecified atom stereocenters. The standard InChI is InChI=1S/C15H14N2O2.ClH/c16-8-9-19-15(18)14(17)10-12-7-6-11-4-2-1-3-5-13(11)12;/h1-7,14H,9-10,17H2;1H/t14-;/m1./s1. The highest BCUT2D eigenvalue weighted by Crippen LogP contribution is 2.27. The fraction of sp³-hybridized carbons (Fsp3) is 0.200. The fourth-order valence-corrected chi connectivity index (χ4v) is 1.99. The molecule has 20 heavy (non-hydrogen) atoms. The second kappa shape index (κ2) is 7.49. The molecule has 4 nitrogen and oxygen atoms in total. The number of rotatable bonds is 4. The van der Waals surface area contributed by atoms with Crippen LogP contribution in [0.2, 0.25) is 0 Å². The first-order valence-corrected chi connectivity index (χ1v) is 5.98. The molecule has 0 heterocycles. The zero-order valence-electron chi connectivity index (χ0n) is 10.8. The number of carbonyl (C=O) groups excluding carboxylic acids is 1. The van der Waals surface area contributed by atoms with Crippen molar-refractivity contribution in [2.45, 2.75) is 12.5 Å². The second-order valence-corrected chi connectivity index (χ2v) is 4.21. The molecule has 0 saturated heterocycles. The number of nitrogens with zero attached hydrogens (tertiary/aromatic N) is 1. The molecule has 0 amide bonds. The number of hydrogen-bond acceptors (Lipinski definition) is 4. The van der Waals surface area contributed by atoms with Crippen molar-refractivity contribution >= 4 is 18.4 Å². The summed E-state index contributed by atoms with van der Waals surface area (Å²) in [5.41, 5.74) is 8.98. The summed E-state index contributed by atoms with van der Waals surface area (Å²) in [5, 5.41) is 8.35. The summed E-state index contributed by atoms with van der Waals surface area (Å²) >= 11 is 0. The summed E-state index contributed by atoms with van der Waals surface area (Å²) in [6.07, 6.45) is 0.401. The van der Waals surface area contributed by atoms with Crippen molar-refractivity contribution in [3.05, 3.63) is 48.0 Å². The van der Waals surface area contributed by atoms with Gasteiger partial charge in [-0.05, 0) is 23.1 Å². The molecule has 0 bridgehead atoms.